The van der Waals surface area contributed by atoms with E-state index in [1.165, 1.54) is 12.7 Å². The third kappa shape index (κ3) is 4.21. The molecular weight excluding hydrogens is 370 g/mol. The van der Waals surface area contributed by atoms with Crippen molar-refractivity contribution in [2.75, 3.05) is 20.3 Å². The molecule has 1 aliphatic heterocycles. The van der Waals surface area contributed by atoms with Crippen molar-refractivity contribution in [3.63, 3.8) is 0 Å². The van der Waals surface area contributed by atoms with Crippen LogP contribution >= 0.6 is 0 Å². The molecule has 1 amide bonds. The SMILES string of the molecule is COC(=O)[C@H](Cc1ccc2c(c1)OCCO2)NC(=O)c1cccc2c1CCCC2. The molecule has 152 valence electrons. The lowest BCUT2D eigenvalue weighted by atomic mass is 9.88. The van der Waals surface area contributed by atoms with Gasteiger partial charge in [0.1, 0.15) is 19.3 Å². The minimum Gasteiger partial charge on any atom is -0.486 e. The fourth-order valence-electron chi connectivity index (χ4n) is 4.02. The fraction of sp³-hybridized carbons (Fsp3) is 0.391. The number of hydrogen-bond acceptors (Lipinski definition) is 5. The van der Waals surface area contributed by atoms with Crippen LogP contribution in [0.4, 0.5) is 0 Å². The maximum absolute atomic E-state index is 13.0. The van der Waals surface area contributed by atoms with E-state index in [0.717, 1.165) is 36.8 Å². The molecule has 0 spiro atoms. The maximum atomic E-state index is 13.0. The van der Waals surface area contributed by atoms with Crippen LogP contribution in [0.3, 0.4) is 0 Å². The van der Waals surface area contributed by atoms with E-state index in [4.69, 9.17) is 14.2 Å². The van der Waals surface area contributed by atoms with Crippen molar-refractivity contribution in [3.8, 4) is 11.5 Å². The molecule has 2 aliphatic rings. The number of carbonyl (C=O) groups is 2. The summed E-state index contributed by atoms with van der Waals surface area (Å²) in [5.74, 6) is 0.630. The summed E-state index contributed by atoms with van der Waals surface area (Å²) in [6, 6.07) is 10.6. The molecule has 0 aromatic heterocycles. The van der Waals surface area contributed by atoms with Crippen molar-refractivity contribution >= 4 is 11.9 Å². The van der Waals surface area contributed by atoms with Crippen LogP contribution in [0.2, 0.25) is 0 Å². The largest absolute Gasteiger partial charge is 0.486 e. The first-order valence-electron chi connectivity index (χ1n) is 10.0. The molecule has 1 aliphatic carbocycles. The van der Waals surface area contributed by atoms with Crippen LogP contribution in [0.25, 0.3) is 0 Å². The number of carbonyl (C=O) groups excluding carboxylic acids is 2. The maximum Gasteiger partial charge on any atom is 0.328 e. The first-order valence-corrected chi connectivity index (χ1v) is 10.0. The van der Waals surface area contributed by atoms with E-state index in [1.54, 1.807) is 0 Å². The Morgan fingerprint density at radius 2 is 1.86 bits per heavy atom. The van der Waals surface area contributed by atoms with Gasteiger partial charge >= 0.3 is 5.97 Å². The predicted molar refractivity (Wildman–Crippen MR) is 107 cm³/mol. The monoisotopic (exact) mass is 395 g/mol. The van der Waals surface area contributed by atoms with Gasteiger partial charge in [0.2, 0.25) is 0 Å². The highest BCUT2D eigenvalue weighted by Gasteiger charge is 2.25. The number of ether oxygens (including phenoxy) is 3. The van der Waals surface area contributed by atoms with Crippen molar-refractivity contribution in [2.45, 2.75) is 38.1 Å². The van der Waals surface area contributed by atoms with Crippen molar-refractivity contribution in [3.05, 3.63) is 58.7 Å². The zero-order valence-electron chi connectivity index (χ0n) is 16.5. The van der Waals surface area contributed by atoms with Gasteiger partial charge in [-0.25, -0.2) is 4.79 Å². The number of esters is 1. The number of amides is 1. The second-order valence-electron chi connectivity index (χ2n) is 7.38. The van der Waals surface area contributed by atoms with Gasteiger partial charge in [-0.3, -0.25) is 4.79 Å². The summed E-state index contributed by atoms with van der Waals surface area (Å²) >= 11 is 0. The molecule has 0 saturated carbocycles. The standard InChI is InChI=1S/C23H25NO5/c1-27-23(26)19(13-15-9-10-20-21(14-15)29-12-11-28-20)24-22(25)18-8-4-6-16-5-2-3-7-17(16)18/h4,6,8-10,14,19H,2-3,5,7,11-13H2,1H3,(H,24,25)/t19-/m0/s1. The van der Waals surface area contributed by atoms with E-state index >= 15 is 0 Å². The van der Waals surface area contributed by atoms with Gasteiger partial charge in [0, 0.05) is 12.0 Å². The molecule has 0 radical (unpaired) electrons. The highest BCUT2D eigenvalue weighted by atomic mass is 16.6. The lowest BCUT2D eigenvalue weighted by molar-refractivity contribution is -0.142. The van der Waals surface area contributed by atoms with E-state index in [1.807, 2.05) is 30.3 Å². The molecule has 4 rings (SSSR count). The second-order valence-corrected chi connectivity index (χ2v) is 7.38. The Hall–Kier alpha value is -3.02. The summed E-state index contributed by atoms with van der Waals surface area (Å²) in [7, 11) is 1.33. The molecule has 2 aromatic carbocycles. The Morgan fingerprint density at radius 3 is 2.69 bits per heavy atom. The highest BCUT2D eigenvalue weighted by molar-refractivity contribution is 5.98. The minimum atomic E-state index is -0.783. The zero-order chi connectivity index (χ0) is 20.2. The third-order valence-electron chi connectivity index (χ3n) is 5.48. The van der Waals surface area contributed by atoms with E-state index in [9.17, 15) is 9.59 Å². The predicted octanol–water partition coefficient (Wildman–Crippen LogP) is 2.85. The van der Waals surface area contributed by atoms with Gasteiger partial charge in [0.15, 0.2) is 11.5 Å². The number of methoxy groups -OCH3 is 1. The number of fused-ring (bicyclic) bond motifs is 2. The Balaban J connectivity index is 1.53. The van der Waals surface area contributed by atoms with Crippen LogP contribution in [-0.2, 0) is 28.8 Å². The molecular formula is C23H25NO5. The lowest BCUT2D eigenvalue weighted by Gasteiger charge is -2.22. The molecule has 2 aromatic rings. The Labute approximate surface area is 170 Å². The van der Waals surface area contributed by atoms with Crippen molar-refractivity contribution in [1.29, 1.82) is 0 Å². The van der Waals surface area contributed by atoms with Gasteiger partial charge in [0.25, 0.3) is 5.91 Å². The Morgan fingerprint density at radius 1 is 1.07 bits per heavy atom. The molecule has 6 nitrogen and oxygen atoms in total. The first-order chi connectivity index (χ1) is 14.2. The molecule has 1 heterocycles. The summed E-state index contributed by atoms with van der Waals surface area (Å²) in [5.41, 5.74) is 3.84. The molecule has 1 N–H and O–H groups in total. The summed E-state index contributed by atoms with van der Waals surface area (Å²) in [6.45, 7) is 1.02. The molecule has 6 heteroatoms. The quantitative estimate of drug-likeness (QED) is 0.788. The minimum absolute atomic E-state index is 0.239. The van der Waals surface area contributed by atoms with Gasteiger partial charge in [-0.05, 0) is 60.6 Å². The molecule has 1 atom stereocenters. The molecule has 0 unspecified atom stereocenters. The first kappa shape index (κ1) is 19.3. The molecule has 0 fully saturated rings. The Kier molecular flexibility index (Phi) is 5.69. The fourth-order valence-corrected chi connectivity index (χ4v) is 4.02. The van der Waals surface area contributed by atoms with E-state index < -0.39 is 12.0 Å². The molecule has 29 heavy (non-hydrogen) atoms. The average molecular weight is 395 g/mol. The number of rotatable bonds is 5. The van der Waals surface area contributed by atoms with Gasteiger partial charge in [0.05, 0.1) is 7.11 Å². The summed E-state index contributed by atoms with van der Waals surface area (Å²) < 4.78 is 16.1. The van der Waals surface area contributed by atoms with Gasteiger partial charge in [-0.15, -0.1) is 0 Å². The van der Waals surface area contributed by atoms with Gasteiger partial charge < -0.3 is 19.5 Å². The number of hydrogen-bond donors (Lipinski definition) is 1. The normalized spacial score (nSPS) is 15.8. The number of aryl methyl sites for hydroxylation is 1. The number of benzene rings is 2. The topological polar surface area (TPSA) is 73.9 Å². The van der Waals surface area contributed by atoms with E-state index in [-0.39, 0.29) is 5.91 Å². The van der Waals surface area contributed by atoms with Crippen LogP contribution < -0.4 is 14.8 Å². The summed E-state index contributed by atoms with van der Waals surface area (Å²) in [6.07, 6.45) is 4.42. The van der Waals surface area contributed by atoms with Crippen LogP contribution in [-0.4, -0.2) is 38.2 Å². The van der Waals surface area contributed by atoms with Crippen LogP contribution in [0.15, 0.2) is 36.4 Å². The van der Waals surface area contributed by atoms with Crippen molar-refractivity contribution in [1.82, 2.24) is 5.32 Å². The molecule has 0 saturated heterocycles. The molecule has 0 bridgehead atoms. The van der Waals surface area contributed by atoms with Gasteiger partial charge in [-0.2, -0.15) is 0 Å². The van der Waals surface area contributed by atoms with Crippen LogP contribution in [0.1, 0.15) is 39.9 Å². The second kappa shape index (κ2) is 8.55. The Bertz CT molecular complexity index is 923. The van der Waals surface area contributed by atoms with Crippen LogP contribution in [0, 0.1) is 0 Å². The van der Waals surface area contributed by atoms with Crippen molar-refractivity contribution in [2.24, 2.45) is 0 Å². The average Bonchev–Trinajstić information content (AvgIpc) is 2.77. The third-order valence-corrected chi connectivity index (χ3v) is 5.48. The van der Waals surface area contributed by atoms with Crippen LogP contribution in [0.5, 0.6) is 11.5 Å². The summed E-state index contributed by atoms with van der Waals surface area (Å²) in [5, 5.41) is 2.88. The lowest BCUT2D eigenvalue weighted by Crippen LogP contribution is -2.43. The van der Waals surface area contributed by atoms with Crippen molar-refractivity contribution < 1.29 is 23.8 Å². The van der Waals surface area contributed by atoms with E-state index in [0.29, 0.717) is 36.7 Å². The highest BCUT2D eigenvalue weighted by Crippen LogP contribution is 2.31. The zero-order valence-corrected chi connectivity index (χ0v) is 16.5. The van der Waals surface area contributed by atoms with Gasteiger partial charge in [-0.1, -0.05) is 18.2 Å². The number of nitrogens with one attached hydrogen (secondary N) is 1. The summed E-state index contributed by atoms with van der Waals surface area (Å²) in [4.78, 5) is 25.4. The van der Waals surface area contributed by atoms with E-state index in [2.05, 4.69) is 11.4 Å². The smallest absolute Gasteiger partial charge is 0.328 e.